The van der Waals surface area contributed by atoms with Crippen LogP contribution in [0.3, 0.4) is 0 Å². The molecule has 1 amide bonds. The van der Waals surface area contributed by atoms with Gasteiger partial charge in [-0.05, 0) is 25.0 Å². The van der Waals surface area contributed by atoms with Gasteiger partial charge in [0, 0.05) is 17.4 Å². The summed E-state index contributed by atoms with van der Waals surface area (Å²) in [6.45, 7) is 2.91. The largest absolute Gasteiger partial charge is 0.444 e. The van der Waals surface area contributed by atoms with E-state index in [0.29, 0.717) is 5.92 Å². The summed E-state index contributed by atoms with van der Waals surface area (Å²) in [5.41, 5.74) is 0. The highest BCUT2D eigenvalue weighted by molar-refractivity contribution is 8.00. The predicted molar refractivity (Wildman–Crippen MR) is 85.6 cm³/mol. The maximum absolute atomic E-state index is 11.7. The molecule has 0 radical (unpaired) electrons. The van der Waals surface area contributed by atoms with Crippen molar-refractivity contribution in [3.05, 3.63) is 30.3 Å². The first-order chi connectivity index (χ1) is 10.2. The van der Waals surface area contributed by atoms with Crippen LogP contribution in [-0.4, -0.2) is 23.5 Å². The summed E-state index contributed by atoms with van der Waals surface area (Å²) < 4.78 is 5.78. The van der Waals surface area contributed by atoms with E-state index < -0.39 is 0 Å². The van der Waals surface area contributed by atoms with Crippen molar-refractivity contribution in [2.45, 2.75) is 54.8 Å². The van der Waals surface area contributed by atoms with Crippen LogP contribution in [0.5, 0.6) is 0 Å². The summed E-state index contributed by atoms with van der Waals surface area (Å²) in [5.74, 6) is 0.358. The van der Waals surface area contributed by atoms with E-state index in [2.05, 4.69) is 36.5 Å². The van der Waals surface area contributed by atoms with E-state index in [4.69, 9.17) is 4.74 Å². The first-order valence-electron chi connectivity index (χ1n) is 7.88. The summed E-state index contributed by atoms with van der Waals surface area (Å²) in [7, 11) is 0. The van der Waals surface area contributed by atoms with Gasteiger partial charge >= 0.3 is 6.09 Å². The standard InChI is InChI=1S/C17H23NO2S/c1-13-12-18-16(19)20-15(13)17(10-6-3-7-11-17)21-14-8-4-2-5-9-14/h2,4-5,8-9,13,15H,3,6-7,10-12H2,1H3,(H,18,19)/t13-,15-/m1/s1. The number of nitrogens with one attached hydrogen (secondary N) is 1. The van der Waals surface area contributed by atoms with Crippen LogP contribution in [0.25, 0.3) is 0 Å². The molecule has 1 aromatic carbocycles. The van der Waals surface area contributed by atoms with E-state index in [1.54, 1.807) is 0 Å². The number of amides is 1. The number of rotatable bonds is 3. The van der Waals surface area contributed by atoms with Crippen LogP contribution in [0.1, 0.15) is 39.0 Å². The summed E-state index contributed by atoms with van der Waals surface area (Å²) in [6.07, 6.45) is 5.78. The van der Waals surface area contributed by atoms with Crippen LogP contribution in [0, 0.1) is 5.92 Å². The minimum atomic E-state index is -0.253. The smallest absolute Gasteiger partial charge is 0.407 e. The second-order valence-corrected chi connectivity index (χ2v) is 7.71. The summed E-state index contributed by atoms with van der Waals surface area (Å²) in [5, 5.41) is 2.81. The van der Waals surface area contributed by atoms with Crippen molar-refractivity contribution in [1.82, 2.24) is 5.32 Å². The molecule has 114 valence electrons. The maximum atomic E-state index is 11.7. The number of carbonyl (C=O) groups excluding carboxylic acids is 1. The van der Waals surface area contributed by atoms with E-state index in [1.807, 2.05) is 17.8 Å². The Hall–Kier alpha value is -1.16. The third kappa shape index (κ3) is 3.20. The summed E-state index contributed by atoms with van der Waals surface area (Å²) >= 11 is 1.92. The van der Waals surface area contributed by atoms with Gasteiger partial charge < -0.3 is 10.1 Å². The zero-order chi connectivity index (χ0) is 14.7. The molecule has 1 N–H and O–H groups in total. The number of alkyl carbamates (subject to hydrolysis) is 1. The molecule has 1 saturated heterocycles. The second-order valence-electron chi connectivity index (χ2n) is 6.22. The lowest BCUT2D eigenvalue weighted by molar-refractivity contribution is 0.00913. The van der Waals surface area contributed by atoms with Crippen molar-refractivity contribution in [1.29, 1.82) is 0 Å². The number of hydrogen-bond donors (Lipinski definition) is 1. The average Bonchev–Trinajstić information content (AvgIpc) is 2.51. The van der Waals surface area contributed by atoms with Gasteiger partial charge in [-0.2, -0.15) is 0 Å². The summed E-state index contributed by atoms with van der Waals surface area (Å²) in [6, 6.07) is 10.5. The Labute approximate surface area is 130 Å². The molecule has 3 rings (SSSR count). The minimum absolute atomic E-state index is 0.0109. The van der Waals surface area contributed by atoms with Crippen molar-refractivity contribution in [3.63, 3.8) is 0 Å². The highest BCUT2D eigenvalue weighted by Crippen LogP contribution is 2.49. The number of thioether (sulfide) groups is 1. The molecule has 1 aliphatic carbocycles. The first-order valence-corrected chi connectivity index (χ1v) is 8.70. The van der Waals surface area contributed by atoms with Gasteiger partial charge in [0.25, 0.3) is 0 Å². The molecule has 2 atom stereocenters. The van der Waals surface area contributed by atoms with Crippen molar-refractivity contribution >= 4 is 17.9 Å². The molecule has 1 aliphatic heterocycles. The van der Waals surface area contributed by atoms with Gasteiger partial charge in [0.15, 0.2) is 0 Å². The number of hydrogen-bond acceptors (Lipinski definition) is 3. The molecule has 0 aromatic heterocycles. The van der Waals surface area contributed by atoms with Gasteiger partial charge in [0.1, 0.15) is 6.10 Å². The Morgan fingerprint density at radius 3 is 2.62 bits per heavy atom. The predicted octanol–water partition coefficient (Wildman–Crippen LogP) is 4.23. The molecule has 21 heavy (non-hydrogen) atoms. The number of benzene rings is 1. The zero-order valence-electron chi connectivity index (χ0n) is 12.5. The topological polar surface area (TPSA) is 38.3 Å². The Balaban J connectivity index is 1.87. The Kier molecular flexibility index (Phi) is 4.43. The molecule has 0 bridgehead atoms. The fourth-order valence-corrected chi connectivity index (χ4v) is 5.22. The fourth-order valence-electron chi connectivity index (χ4n) is 3.57. The van der Waals surface area contributed by atoms with E-state index in [9.17, 15) is 4.79 Å². The molecule has 1 heterocycles. The normalized spacial score (nSPS) is 28.5. The van der Waals surface area contributed by atoms with Crippen LogP contribution in [0.2, 0.25) is 0 Å². The van der Waals surface area contributed by atoms with Gasteiger partial charge in [-0.15, -0.1) is 11.8 Å². The van der Waals surface area contributed by atoms with Crippen molar-refractivity contribution in [2.24, 2.45) is 5.92 Å². The van der Waals surface area contributed by atoms with Gasteiger partial charge in [-0.25, -0.2) is 4.79 Å². The molecular weight excluding hydrogens is 282 g/mol. The summed E-state index contributed by atoms with van der Waals surface area (Å²) in [4.78, 5) is 13.0. The number of ether oxygens (including phenoxy) is 1. The molecule has 1 saturated carbocycles. The third-order valence-electron chi connectivity index (χ3n) is 4.60. The van der Waals surface area contributed by atoms with E-state index in [0.717, 1.165) is 19.4 Å². The first kappa shape index (κ1) is 14.8. The molecule has 0 unspecified atom stereocenters. The van der Waals surface area contributed by atoms with Crippen LogP contribution >= 0.6 is 11.8 Å². The zero-order valence-corrected chi connectivity index (χ0v) is 13.3. The fraction of sp³-hybridized carbons (Fsp3) is 0.588. The van der Waals surface area contributed by atoms with E-state index >= 15 is 0 Å². The maximum Gasteiger partial charge on any atom is 0.407 e. The SMILES string of the molecule is C[C@@H]1CNC(=O)O[C@H]1C1(Sc2ccccc2)CCCCC1. The highest BCUT2D eigenvalue weighted by atomic mass is 32.2. The molecule has 2 fully saturated rings. The molecule has 0 spiro atoms. The monoisotopic (exact) mass is 305 g/mol. The molecule has 2 aliphatic rings. The number of cyclic esters (lactones) is 1. The Morgan fingerprint density at radius 2 is 1.90 bits per heavy atom. The van der Waals surface area contributed by atoms with Crippen molar-refractivity contribution in [3.8, 4) is 0 Å². The molecule has 4 heteroatoms. The van der Waals surface area contributed by atoms with Crippen molar-refractivity contribution in [2.75, 3.05) is 6.54 Å². The van der Waals surface area contributed by atoms with Crippen LogP contribution in [0.4, 0.5) is 4.79 Å². The van der Waals surface area contributed by atoms with Gasteiger partial charge in [0.2, 0.25) is 0 Å². The van der Waals surface area contributed by atoms with Gasteiger partial charge in [-0.3, -0.25) is 0 Å². The minimum Gasteiger partial charge on any atom is -0.444 e. The Bertz CT molecular complexity index is 485. The van der Waals surface area contributed by atoms with Crippen LogP contribution < -0.4 is 5.32 Å². The molecule has 3 nitrogen and oxygen atoms in total. The second kappa shape index (κ2) is 6.30. The lowest BCUT2D eigenvalue weighted by Gasteiger charge is -2.46. The van der Waals surface area contributed by atoms with Gasteiger partial charge in [-0.1, -0.05) is 44.4 Å². The van der Waals surface area contributed by atoms with E-state index in [-0.39, 0.29) is 16.9 Å². The highest BCUT2D eigenvalue weighted by Gasteiger charge is 2.47. The average molecular weight is 305 g/mol. The Morgan fingerprint density at radius 1 is 1.19 bits per heavy atom. The van der Waals surface area contributed by atoms with E-state index in [1.165, 1.54) is 24.2 Å². The third-order valence-corrected chi connectivity index (χ3v) is 6.16. The quantitative estimate of drug-likeness (QED) is 0.908. The molecular formula is C17H23NO2S. The molecule has 1 aromatic rings. The van der Waals surface area contributed by atoms with Gasteiger partial charge in [0.05, 0.1) is 4.75 Å². The van der Waals surface area contributed by atoms with Crippen LogP contribution in [-0.2, 0) is 4.74 Å². The van der Waals surface area contributed by atoms with Crippen LogP contribution in [0.15, 0.2) is 35.2 Å². The number of carbonyl (C=O) groups is 1. The van der Waals surface area contributed by atoms with Crippen molar-refractivity contribution < 1.29 is 9.53 Å². The lowest BCUT2D eigenvalue weighted by Crippen LogP contribution is -2.54. The lowest BCUT2D eigenvalue weighted by atomic mass is 9.79.